The lowest BCUT2D eigenvalue weighted by Gasteiger charge is -2.44. The van der Waals surface area contributed by atoms with E-state index in [9.17, 15) is 4.79 Å². The quantitative estimate of drug-likeness (QED) is 0.634. The minimum Gasteiger partial charge on any atom is -0.395 e. The van der Waals surface area contributed by atoms with E-state index in [1.165, 1.54) is 0 Å². The normalized spacial score (nSPS) is 23.7. The molecule has 1 aliphatic rings. The van der Waals surface area contributed by atoms with Crippen molar-refractivity contribution in [2.45, 2.75) is 19.4 Å². The van der Waals surface area contributed by atoms with Crippen molar-refractivity contribution in [1.29, 1.82) is 0 Å². The van der Waals surface area contributed by atoms with E-state index in [0.29, 0.717) is 6.54 Å². The van der Waals surface area contributed by atoms with Gasteiger partial charge in [0.25, 0.3) is 0 Å². The largest absolute Gasteiger partial charge is 0.395 e. The van der Waals surface area contributed by atoms with Gasteiger partial charge in [0.05, 0.1) is 12.1 Å². The number of rotatable bonds is 2. The van der Waals surface area contributed by atoms with E-state index < -0.39 is 5.54 Å². The Hall–Kier alpha value is -0.610. The molecule has 0 aromatic heterocycles. The maximum absolute atomic E-state index is 11.7. The molecular formula is C9H18N2O2. The number of likely N-dealkylation sites (N-methyl/N-ethyl adjacent to an activating group) is 1. The monoisotopic (exact) mass is 186 g/mol. The van der Waals surface area contributed by atoms with Crippen LogP contribution in [0.1, 0.15) is 13.8 Å². The number of β-amino-alcohol motifs (C(OH)–C–C–N with tert-alkyl or cyclic N) is 1. The highest BCUT2D eigenvalue weighted by atomic mass is 16.3. The minimum atomic E-state index is -0.463. The summed E-state index contributed by atoms with van der Waals surface area (Å²) >= 11 is 0. The fourth-order valence-electron chi connectivity index (χ4n) is 1.77. The molecule has 0 aliphatic carbocycles. The van der Waals surface area contributed by atoms with Gasteiger partial charge in [0, 0.05) is 26.7 Å². The van der Waals surface area contributed by atoms with Gasteiger partial charge in [0.15, 0.2) is 0 Å². The van der Waals surface area contributed by atoms with Crippen molar-refractivity contribution in [3.63, 3.8) is 0 Å². The van der Waals surface area contributed by atoms with Crippen molar-refractivity contribution >= 4 is 5.91 Å². The fraction of sp³-hybridized carbons (Fsp3) is 0.889. The average Bonchev–Trinajstić information content (AvgIpc) is 2.07. The summed E-state index contributed by atoms with van der Waals surface area (Å²) in [5.41, 5.74) is -0.463. The van der Waals surface area contributed by atoms with E-state index in [-0.39, 0.29) is 12.5 Å². The lowest BCUT2D eigenvalue weighted by molar-refractivity contribution is -0.147. The number of hydrogen-bond donors (Lipinski definition) is 1. The molecule has 0 saturated carbocycles. The molecular weight excluding hydrogens is 168 g/mol. The van der Waals surface area contributed by atoms with Crippen LogP contribution in [0, 0.1) is 0 Å². The van der Waals surface area contributed by atoms with Crippen LogP contribution < -0.4 is 0 Å². The zero-order chi connectivity index (χ0) is 10.1. The van der Waals surface area contributed by atoms with E-state index in [0.717, 1.165) is 13.1 Å². The highest BCUT2D eigenvalue weighted by molar-refractivity contribution is 5.86. The number of carbonyl (C=O) groups excluding carboxylic acids is 1. The molecule has 0 aromatic carbocycles. The Kier molecular flexibility index (Phi) is 2.93. The van der Waals surface area contributed by atoms with Gasteiger partial charge in [-0.25, -0.2) is 0 Å². The molecule has 1 N–H and O–H groups in total. The first-order chi connectivity index (χ1) is 6.00. The van der Waals surface area contributed by atoms with Crippen molar-refractivity contribution in [3.05, 3.63) is 0 Å². The molecule has 1 heterocycles. The molecule has 1 saturated heterocycles. The summed E-state index contributed by atoms with van der Waals surface area (Å²) in [7, 11) is 1.82. The van der Waals surface area contributed by atoms with Crippen LogP contribution >= 0.6 is 0 Å². The molecule has 1 aliphatic heterocycles. The molecule has 4 nitrogen and oxygen atoms in total. The van der Waals surface area contributed by atoms with E-state index in [1.807, 2.05) is 25.8 Å². The maximum atomic E-state index is 11.7. The third-order valence-corrected chi connectivity index (χ3v) is 2.74. The van der Waals surface area contributed by atoms with Crippen molar-refractivity contribution in [1.82, 2.24) is 9.80 Å². The van der Waals surface area contributed by atoms with E-state index in [4.69, 9.17) is 5.11 Å². The topological polar surface area (TPSA) is 43.8 Å². The van der Waals surface area contributed by atoms with Crippen LogP contribution in [-0.4, -0.2) is 59.6 Å². The maximum Gasteiger partial charge on any atom is 0.242 e. The highest BCUT2D eigenvalue weighted by Gasteiger charge is 2.39. The summed E-state index contributed by atoms with van der Waals surface area (Å²) in [4.78, 5) is 15.5. The Balaban J connectivity index is 2.73. The predicted molar refractivity (Wildman–Crippen MR) is 50.4 cm³/mol. The first-order valence-electron chi connectivity index (χ1n) is 4.61. The minimum absolute atomic E-state index is 0.112. The van der Waals surface area contributed by atoms with Crippen LogP contribution in [0.25, 0.3) is 0 Å². The fourth-order valence-corrected chi connectivity index (χ4v) is 1.77. The van der Waals surface area contributed by atoms with Gasteiger partial charge in [-0.2, -0.15) is 0 Å². The van der Waals surface area contributed by atoms with Gasteiger partial charge in [-0.3, -0.25) is 9.69 Å². The summed E-state index contributed by atoms with van der Waals surface area (Å²) in [6.45, 7) is 6.09. The van der Waals surface area contributed by atoms with E-state index in [2.05, 4.69) is 0 Å². The smallest absolute Gasteiger partial charge is 0.242 e. The number of amides is 1. The van der Waals surface area contributed by atoms with E-state index in [1.54, 1.807) is 4.90 Å². The van der Waals surface area contributed by atoms with Gasteiger partial charge >= 0.3 is 0 Å². The first-order valence-corrected chi connectivity index (χ1v) is 4.61. The predicted octanol–water partition coefficient (Wildman–Crippen LogP) is -0.469. The third kappa shape index (κ3) is 1.84. The Morgan fingerprint density at radius 2 is 2.08 bits per heavy atom. The highest BCUT2D eigenvalue weighted by Crippen LogP contribution is 2.20. The lowest BCUT2D eigenvalue weighted by Crippen LogP contribution is -2.62. The zero-order valence-corrected chi connectivity index (χ0v) is 8.58. The molecule has 1 amide bonds. The molecule has 76 valence electrons. The molecule has 0 bridgehead atoms. The Bertz CT molecular complexity index is 204. The molecule has 0 aromatic rings. The second kappa shape index (κ2) is 3.64. The SMILES string of the molecule is CN1CCN(CCO)C(C)(C)C1=O. The van der Waals surface area contributed by atoms with Crippen molar-refractivity contribution in [3.8, 4) is 0 Å². The summed E-state index contributed by atoms with van der Waals surface area (Å²) in [6, 6.07) is 0. The molecule has 1 fully saturated rings. The molecule has 0 spiro atoms. The van der Waals surface area contributed by atoms with E-state index >= 15 is 0 Å². The van der Waals surface area contributed by atoms with Gasteiger partial charge in [0.1, 0.15) is 0 Å². The summed E-state index contributed by atoms with van der Waals surface area (Å²) in [6.07, 6.45) is 0. The van der Waals surface area contributed by atoms with Crippen LogP contribution in [0.3, 0.4) is 0 Å². The van der Waals surface area contributed by atoms with Crippen LogP contribution in [0.15, 0.2) is 0 Å². The molecule has 0 atom stereocenters. The van der Waals surface area contributed by atoms with Crippen LogP contribution in [-0.2, 0) is 4.79 Å². The summed E-state index contributed by atoms with van der Waals surface area (Å²) in [5, 5.41) is 8.84. The standard InChI is InChI=1S/C9H18N2O2/c1-9(2)8(13)10(3)4-5-11(9)6-7-12/h12H,4-7H2,1-3H3. The van der Waals surface area contributed by atoms with Crippen molar-refractivity contribution < 1.29 is 9.90 Å². The average molecular weight is 186 g/mol. The summed E-state index contributed by atoms with van der Waals surface area (Å²) in [5.74, 6) is 0.132. The second-order valence-electron chi connectivity index (χ2n) is 4.00. The molecule has 4 heteroatoms. The van der Waals surface area contributed by atoms with Crippen LogP contribution in [0.4, 0.5) is 0 Å². The number of hydrogen-bond acceptors (Lipinski definition) is 3. The van der Waals surface area contributed by atoms with Gasteiger partial charge in [-0.15, -0.1) is 0 Å². The molecule has 0 radical (unpaired) electrons. The van der Waals surface area contributed by atoms with Gasteiger partial charge in [-0.05, 0) is 13.8 Å². The lowest BCUT2D eigenvalue weighted by atomic mass is 9.98. The second-order valence-corrected chi connectivity index (χ2v) is 4.00. The molecule has 1 rings (SSSR count). The van der Waals surface area contributed by atoms with Crippen molar-refractivity contribution in [2.75, 3.05) is 33.3 Å². The Morgan fingerprint density at radius 3 is 2.62 bits per heavy atom. The van der Waals surface area contributed by atoms with Crippen molar-refractivity contribution in [2.24, 2.45) is 0 Å². The number of aliphatic hydroxyl groups is 1. The van der Waals surface area contributed by atoms with Crippen LogP contribution in [0.2, 0.25) is 0 Å². The Labute approximate surface area is 79.1 Å². The number of nitrogens with zero attached hydrogens (tertiary/aromatic N) is 2. The number of carbonyl (C=O) groups is 1. The zero-order valence-electron chi connectivity index (χ0n) is 8.58. The first kappa shape index (κ1) is 10.5. The number of piperazine rings is 1. The third-order valence-electron chi connectivity index (χ3n) is 2.74. The molecule has 13 heavy (non-hydrogen) atoms. The van der Waals surface area contributed by atoms with Gasteiger partial charge < -0.3 is 10.0 Å². The van der Waals surface area contributed by atoms with Crippen LogP contribution in [0.5, 0.6) is 0 Å². The molecule has 0 unspecified atom stereocenters. The Morgan fingerprint density at radius 1 is 1.46 bits per heavy atom. The number of aliphatic hydroxyl groups excluding tert-OH is 1. The van der Waals surface area contributed by atoms with Gasteiger partial charge in [0.2, 0.25) is 5.91 Å². The summed E-state index contributed by atoms with van der Waals surface area (Å²) < 4.78 is 0. The van der Waals surface area contributed by atoms with Gasteiger partial charge in [-0.1, -0.05) is 0 Å².